The van der Waals surface area contributed by atoms with Crippen LogP contribution in [0, 0.1) is 9.39 Å². The highest BCUT2D eigenvalue weighted by molar-refractivity contribution is 14.1. The molecule has 1 N–H and O–H groups in total. The Bertz CT molecular complexity index is 528. The van der Waals surface area contributed by atoms with Gasteiger partial charge in [-0.1, -0.05) is 0 Å². The molecular weight excluding hydrogens is 374 g/mol. The zero-order valence-corrected chi connectivity index (χ0v) is 13.3. The first kappa shape index (κ1) is 15.2. The Labute approximate surface area is 130 Å². The molecule has 0 spiro atoms. The maximum absolute atomic E-state index is 13.3. The second-order valence-electron chi connectivity index (χ2n) is 4.89. The van der Waals surface area contributed by atoms with Gasteiger partial charge in [0.05, 0.1) is 5.56 Å². The third-order valence-electron chi connectivity index (χ3n) is 3.35. The summed E-state index contributed by atoms with van der Waals surface area (Å²) >= 11 is 2.04. The van der Waals surface area contributed by atoms with E-state index < -0.39 is 5.82 Å². The number of piperidine rings is 1. The molecule has 0 atom stereocenters. The standard InChI is InChI=1S/C14H16FIN2O2/c1-9(19)17-11-4-6-18(7-5-11)14(20)12-8-10(15)2-3-13(12)16/h2-3,8,11H,4-7H2,1H3,(H,17,19). The first-order valence-corrected chi connectivity index (χ1v) is 7.56. The number of halogens is 2. The Morgan fingerprint density at radius 1 is 1.35 bits per heavy atom. The molecule has 6 heteroatoms. The van der Waals surface area contributed by atoms with Gasteiger partial charge in [0, 0.05) is 29.6 Å². The zero-order valence-electron chi connectivity index (χ0n) is 11.2. The van der Waals surface area contributed by atoms with Gasteiger partial charge in [-0.05, 0) is 53.6 Å². The van der Waals surface area contributed by atoms with E-state index >= 15 is 0 Å². The number of benzene rings is 1. The average molecular weight is 390 g/mol. The van der Waals surface area contributed by atoms with Crippen molar-refractivity contribution in [1.29, 1.82) is 0 Å². The van der Waals surface area contributed by atoms with E-state index in [0.29, 0.717) is 18.7 Å². The van der Waals surface area contributed by atoms with Crippen LogP contribution < -0.4 is 5.32 Å². The van der Waals surface area contributed by atoms with Gasteiger partial charge in [-0.25, -0.2) is 4.39 Å². The lowest BCUT2D eigenvalue weighted by atomic mass is 10.0. The second kappa shape index (κ2) is 6.51. The van der Waals surface area contributed by atoms with E-state index in [1.54, 1.807) is 11.0 Å². The molecule has 0 saturated carbocycles. The molecule has 1 aliphatic heterocycles. The van der Waals surface area contributed by atoms with Gasteiger partial charge in [0.2, 0.25) is 5.91 Å². The summed E-state index contributed by atoms with van der Waals surface area (Å²) in [4.78, 5) is 25.1. The van der Waals surface area contributed by atoms with Crippen LogP contribution in [0.3, 0.4) is 0 Å². The number of likely N-dealkylation sites (tertiary alicyclic amines) is 1. The molecule has 1 fully saturated rings. The van der Waals surface area contributed by atoms with Crippen LogP contribution in [-0.4, -0.2) is 35.8 Å². The lowest BCUT2D eigenvalue weighted by molar-refractivity contribution is -0.119. The van der Waals surface area contributed by atoms with E-state index in [1.807, 2.05) is 22.6 Å². The number of rotatable bonds is 2. The molecule has 20 heavy (non-hydrogen) atoms. The minimum Gasteiger partial charge on any atom is -0.353 e. The molecule has 0 unspecified atom stereocenters. The number of hydrogen-bond acceptors (Lipinski definition) is 2. The normalized spacial score (nSPS) is 16.1. The van der Waals surface area contributed by atoms with Gasteiger partial charge in [-0.2, -0.15) is 0 Å². The summed E-state index contributed by atoms with van der Waals surface area (Å²) in [5.41, 5.74) is 0.406. The third kappa shape index (κ3) is 3.68. The van der Waals surface area contributed by atoms with Crippen molar-refractivity contribution >= 4 is 34.4 Å². The molecule has 2 amide bonds. The van der Waals surface area contributed by atoms with E-state index in [4.69, 9.17) is 0 Å². The summed E-state index contributed by atoms with van der Waals surface area (Å²) in [7, 11) is 0. The molecule has 2 rings (SSSR count). The van der Waals surface area contributed by atoms with Crippen LogP contribution in [0.15, 0.2) is 18.2 Å². The summed E-state index contributed by atoms with van der Waals surface area (Å²) in [6.45, 7) is 2.65. The van der Waals surface area contributed by atoms with Crippen LogP contribution in [0.2, 0.25) is 0 Å². The molecular formula is C14H16FIN2O2. The predicted molar refractivity (Wildman–Crippen MR) is 81.9 cm³/mol. The summed E-state index contributed by atoms with van der Waals surface area (Å²) < 4.78 is 14.0. The fraction of sp³-hybridized carbons (Fsp3) is 0.429. The van der Waals surface area contributed by atoms with Crippen molar-refractivity contribution in [3.8, 4) is 0 Å². The highest BCUT2D eigenvalue weighted by Gasteiger charge is 2.25. The molecule has 1 heterocycles. The summed E-state index contributed by atoms with van der Waals surface area (Å²) in [6, 6.07) is 4.36. The van der Waals surface area contributed by atoms with Gasteiger partial charge in [0.25, 0.3) is 5.91 Å². The fourth-order valence-electron chi connectivity index (χ4n) is 2.35. The molecule has 108 valence electrons. The molecule has 4 nitrogen and oxygen atoms in total. The topological polar surface area (TPSA) is 49.4 Å². The Morgan fingerprint density at radius 2 is 2.00 bits per heavy atom. The van der Waals surface area contributed by atoms with Gasteiger partial charge >= 0.3 is 0 Å². The Hall–Kier alpha value is -1.18. The fourth-order valence-corrected chi connectivity index (χ4v) is 2.91. The SMILES string of the molecule is CC(=O)NC1CCN(C(=O)c2cc(F)ccc2I)CC1. The summed E-state index contributed by atoms with van der Waals surface area (Å²) in [6.07, 6.45) is 1.47. The maximum atomic E-state index is 13.3. The van der Waals surface area contributed by atoms with Crippen molar-refractivity contribution in [3.05, 3.63) is 33.1 Å². The highest BCUT2D eigenvalue weighted by Crippen LogP contribution is 2.19. The molecule has 1 aromatic carbocycles. The molecule has 1 aromatic rings. The molecule has 1 saturated heterocycles. The zero-order chi connectivity index (χ0) is 14.7. The van der Waals surface area contributed by atoms with E-state index in [2.05, 4.69) is 5.32 Å². The average Bonchev–Trinajstić information content (AvgIpc) is 2.41. The van der Waals surface area contributed by atoms with Gasteiger partial charge < -0.3 is 10.2 Å². The van der Waals surface area contributed by atoms with Crippen molar-refractivity contribution in [1.82, 2.24) is 10.2 Å². The number of carbonyl (C=O) groups excluding carboxylic acids is 2. The Kier molecular flexibility index (Phi) is 4.95. The first-order chi connectivity index (χ1) is 9.47. The largest absolute Gasteiger partial charge is 0.353 e. The minimum atomic E-state index is -0.401. The van der Waals surface area contributed by atoms with Gasteiger partial charge in [0.1, 0.15) is 5.82 Å². The van der Waals surface area contributed by atoms with Crippen molar-refractivity contribution in [3.63, 3.8) is 0 Å². The summed E-state index contributed by atoms with van der Waals surface area (Å²) in [5, 5.41) is 2.86. The van der Waals surface area contributed by atoms with Crippen molar-refractivity contribution in [2.24, 2.45) is 0 Å². The predicted octanol–water partition coefficient (Wildman–Crippen LogP) is 2.17. The van der Waals surface area contributed by atoms with Crippen molar-refractivity contribution in [2.45, 2.75) is 25.8 Å². The number of carbonyl (C=O) groups is 2. The highest BCUT2D eigenvalue weighted by atomic mass is 127. The smallest absolute Gasteiger partial charge is 0.255 e. The van der Waals surface area contributed by atoms with Gasteiger partial charge in [0.15, 0.2) is 0 Å². The number of nitrogens with one attached hydrogen (secondary N) is 1. The van der Waals surface area contributed by atoms with Crippen LogP contribution in [0.25, 0.3) is 0 Å². The van der Waals surface area contributed by atoms with E-state index in [1.165, 1.54) is 19.1 Å². The molecule has 0 bridgehead atoms. The van der Waals surface area contributed by atoms with E-state index in [9.17, 15) is 14.0 Å². The molecule has 0 aromatic heterocycles. The molecule has 0 radical (unpaired) electrons. The van der Waals surface area contributed by atoms with Crippen molar-refractivity contribution < 1.29 is 14.0 Å². The molecule has 0 aliphatic carbocycles. The Balaban J connectivity index is 2.01. The number of amides is 2. The quantitative estimate of drug-likeness (QED) is 0.788. The van der Waals surface area contributed by atoms with Crippen LogP contribution >= 0.6 is 22.6 Å². The lowest BCUT2D eigenvalue weighted by Crippen LogP contribution is -2.46. The number of hydrogen-bond donors (Lipinski definition) is 1. The van der Waals surface area contributed by atoms with Crippen LogP contribution in [-0.2, 0) is 4.79 Å². The first-order valence-electron chi connectivity index (χ1n) is 6.49. The lowest BCUT2D eigenvalue weighted by Gasteiger charge is -2.32. The van der Waals surface area contributed by atoms with Crippen LogP contribution in [0.4, 0.5) is 4.39 Å². The van der Waals surface area contributed by atoms with E-state index in [0.717, 1.165) is 16.4 Å². The third-order valence-corrected chi connectivity index (χ3v) is 4.29. The van der Waals surface area contributed by atoms with Crippen molar-refractivity contribution in [2.75, 3.05) is 13.1 Å². The molecule has 1 aliphatic rings. The van der Waals surface area contributed by atoms with Gasteiger partial charge in [-0.3, -0.25) is 9.59 Å². The van der Waals surface area contributed by atoms with Gasteiger partial charge in [-0.15, -0.1) is 0 Å². The summed E-state index contributed by atoms with van der Waals surface area (Å²) in [5.74, 6) is -0.591. The maximum Gasteiger partial charge on any atom is 0.255 e. The number of nitrogens with zero attached hydrogens (tertiary/aromatic N) is 1. The van der Waals surface area contributed by atoms with Crippen LogP contribution in [0.1, 0.15) is 30.1 Å². The minimum absolute atomic E-state index is 0.0468. The van der Waals surface area contributed by atoms with Crippen LogP contribution in [0.5, 0.6) is 0 Å². The van der Waals surface area contributed by atoms with E-state index in [-0.39, 0.29) is 17.9 Å². The second-order valence-corrected chi connectivity index (χ2v) is 6.05. The Morgan fingerprint density at radius 3 is 2.60 bits per heavy atom. The monoisotopic (exact) mass is 390 g/mol.